The Hall–Kier alpha value is -1.13. The Labute approximate surface area is 106 Å². The molecule has 0 N–H and O–H groups in total. The van der Waals surface area contributed by atoms with Crippen LogP contribution in [0.4, 0.5) is 0 Å². The topological polar surface area (TPSA) is 23.6 Å². The highest BCUT2D eigenvalue weighted by molar-refractivity contribution is 7.12. The number of rotatable bonds is 3. The Balaban J connectivity index is 1.87. The highest BCUT2D eigenvalue weighted by Crippen LogP contribution is 2.14. The maximum Gasteiger partial charge on any atom is 0.264 e. The first kappa shape index (κ1) is 12.3. The van der Waals surface area contributed by atoms with Crippen LogP contribution in [0.25, 0.3) is 0 Å². The van der Waals surface area contributed by atoms with E-state index in [1.807, 2.05) is 29.3 Å². The van der Waals surface area contributed by atoms with Gasteiger partial charge in [0.05, 0.1) is 4.88 Å². The second kappa shape index (κ2) is 5.47. The molecule has 2 heterocycles. The van der Waals surface area contributed by atoms with Crippen LogP contribution in [0.15, 0.2) is 29.7 Å². The van der Waals surface area contributed by atoms with E-state index in [4.69, 9.17) is 0 Å². The number of carbonyl (C=O) groups excluding carboxylic acids is 1. The molecule has 1 aliphatic rings. The second-order valence-electron chi connectivity index (χ2n) is 4.50. The lowest BCUT2D eigenvalue weighted by molar-refractivity contribution is 0.0652. The van der Waals surface area contributed by atoms with Crippen molar-refractivity contribution in [2.24, 2.45) is 0 Å². The maximum atomic E-state index is 12.1. The molecule has 92 valence electrons. The SMILES string of the molecule is C=C(C)CN1CCN(C(=O)c2cccs2)CC1. The normalized spacial score (nSPS) is 17.1. The summed E-state index contributed by atoms with van der Waals surface area (Å²) in [6.45, 7) is 10.5. The molecule has 2 rings (SSSR count). The molecule has 0 spiro atoms. The summed E-state index contributed by atoms with van der Waals surface area (Å²) in [4.78, 5) is 17.2. The Bertz CT molecular complexity index is 392. The zero-order chi connectivity index (χ0) is 12.3. The molecule has 1 aromatic heterocycles. The Kier molecular flexibility index (Phi) is 3.97. The van der Waals surface area contributed by atoms with Gasteiger partial charge >= 0.3 is 0 Å². The van der Waals surface area contributed by atoms with Crippen LogP contribution in [-0.2, 0) is 0 Å². The van der Waals surface area contributed by atoms with Crippen molar-refractivity contribution in [3.05, 3.63) is 34.5 Å². The minimum Gasteiger partial charge on any atom is -0.335 e. The van der Waals surface area contributed by atoms with Gasteiger partial charge in [0.1, 0.15) is 0 Å². The molecule has 1 aromatic rings. The monoisotopic (exact) mass is 250 g/mol. The Morgan fingerprint density at radius 3 is 2.65 bits per heavy atom. The number of piperazine rings is 1. The van der Waals surface area contributed by atoms with E-state index in [9.17, 15) is 4.79 Å². The van der Waals surface area contributed by atoms with Gasteiger partial charge in [0.2, 0.25) is 0 Å². The lowest BCUT2D eigenvalue weighted by atomic mass is 10.2. The van der Waals surface area contributed by atoms with Crippen molar-refractivity contribution in [1.82, 2.24) is 9.80 Å². The van der Waals surface area contributed by atoms with Crippen molar-refractivity contribution >= 4 is 17.2 Å². The molecule has 0 atom stereocenters. The predicted octanol–water partition coefficient (Wildman–Crippen LogP) is 2.08. The zero-order valence-corrected chi connectivity index (χ0v) is 11.0. The number of thiophene rings is 1. The minimum atomic E-state index is 0.176. The molecule has 3 nitrogen and oxygen atoms in total. The molecule has 1 aliphatic heterocycles. The number of amides is 1. The second-order valence-corrected chi connectivity index (χ2v) is 5.45. The molecule has 1 fully saturated rings. The first-order valence-electron chi connectivity index (χ1n) is 5.86. The van der Waals surface area contributed by atoms with Crippen LogP contribution < -0.4 is 0 Å². The maximum absolute atomic E-state index is 12.1. The van der Waals surface area contributed by atoms with Gasteiger partial charge in [-0.25, -0.2) is 0 Å². The smallest absolute Gasteiger partial charge is 0.264 e. The average molecular weight is 250 g/mol. The van der Waals surface area contributed by atoms with E-state index in [0.29, 0.717) is 0 Å². The molecular formula is C13H18N2OS. The van der Waals surface area contributed by atoms with Gasteiger partial charge in [-0.1, -0.05) is 18.2 Å². The minimum absolute atomic E-state index is 0.176. The molecule has 0 unspecified atom stereocenters. The summed E-state index contributed by atoms with van der Waals surface area (Å²) in [5, 5.41) is 1.95. The first-order valence-corrected chi connectivity index (χ1v) is 6.74. The summed E-state index contributed by atoms with van der Waals surface area (Å²) in [7, 11) is 0. The van der Waals surface area contributed by atoms with Crippen LogP contribution in [-0.4, -0.2) is 48.4 Å². The van der Waals surface area contributed by atoms with E-state index in [2.05, 4.69) is 11.5 Å². The molecule has 0 radical (unpaired) electrons. The standard InChI is InChI=1S/C13H18N2OS/c1-11(2)10-14-5-7-15(8-6-14)13(16)12-4-3-9-17-12/h3-4,9H,1,5-8,10H2,2H3. The van der Waals surface area contributed by atoms with Crippen molar-refractivity contribution in [1.29, 1.82) is 0 Å². The fourth-order valence-electron chi connectivity index (χ4n) is 2.05. The van der Waals surface area contributed by atoms with Crippen molar-refractivity contribution in [2.45, 2.75) is 6.92 Å². The largest absolute Gasteiger partial charge is 0.335 e. The highest BCUT2D eigenvalue weighted by Gasteiger charge is 2.22. The van der Waals surface area contributed by atoms with Crippen LogP contribution in [0.1, 0.15) is 16.6 Å². The van der Waals surface area contributed by atoms with E-state index < -0.39 is 0 Å². The van der Waals surface area contributed by atoms with E-state index in [1.165, 1.54) is 16.9 Å². The van der Waals surface area contributed by atoms with Gasteiger partial charge in [-0.15, -0.1) is 11.3 Å². The number of carbonyl (C=O) groups is 1. The molecule has 1 saturated heterocycles. The third kappa shape index (κ3) is 3.17. The van der Waals surface area contributed by atoms with Gasteiger partial charge in [0, 0.05) is 32.7 Å². The summed E-state index contributed by atoms with van der Waals surface area (Å²) in [6.07, 6.45) is 0. The predicted molar refractivity (Wildman–Crippen MR) is 71.5 cm³/mol. The Morgan fingerprint density at radius 1 is 1.41 bits per heavy atom. The molecule has 0 aromatic carbocycles. The van der Waals surface area contributed by atoms with Gasteiger partial charge in [-0.2, -0.15) is 0 Å². The van der Waals surface area contributed by atoms with Crippen LogP contribution in [0, 0.1) is 0 Å². The van der Waals surface area contributed by atoms with Crippen LogP contribution >= 0.6 is 11.3 Å². The van der Waals surface area contributed by atoms with E-state index >= 15 is 0 Å². The Morgan fingerprint density at radius 2 is 2.12 bits per heavy atom. The van der Waals surface area contributed by atoms with Gasteiger partial charge in [0.25, 0.3) is 5.91 Å². The molecule has 0 saturated carbocycles. The summed E-state index contributed by atoms with van der Waals surface area (Å²) in [5.41, 5.74) is 1.18. The van der Waals surface area contributed by atoms with Crippen LogP contribution in [0.3, 0.4) is 0 Å². The first-order chi connectivity index (χ1) is 8.16. The van der Waals surface area contributed by atoms with Gasteiger partial charge in [-0.3, -0.25) is 9.69 Å². The van der Waals surface area contributed by atoms with Gasteiger partial charge < -0.3 is 4.90 Å². The average Bonchev–Trinajstić information content (AvgIpc) is 2.82. The van der Waals surface area contributed by atoms with Crippen LogP contribution in [0.5, 0.6) is 0 Å². The lowest BCUT2D eigenvalue weighted by Gasteiger charge is -2.34. The van der Waals surface area contributed by atoms with Crippen molar-refractivity contribution in [3.8, 4) is 0 Å². The van der Waals surface area contributed by atoms with E-state index in [0.717, 1.165) is 37.6 Å². The van der Waals surface area contributed by atoms with E-state index in [1.54, 1.807) is 0 Å². The van der Waals surface area contributed by atoms with Gasteiger partial charge in [0.15, 0.2) is 0 Å². The molecule has 17 heavy (non-hydrogen) atoms. The number of hydrogen-bond donors (Lipinski definition) is 0. The van der Waals surface area contributed by atoms with Crippen molar-refractivity contribution < 1.29 is 4.79 Å². The third-order valence-electron chi connectivity index (χ3n) is 2.88. The third-order valence-corrected chi connectivity index (χ3v) is 3.74. The molecule has 1 amide bonds. The molecule has 0 aliphatic carbocycles. The number of hydrogen-bond acceptors (Lipinski definition) is 3. The van der Waals surface area contributed by atoms with Crippen molar-refractivity contribution in [3.63, 3.8) is 0 Å². The fourth-order valence-corrected chi connectivity index (χ4v) is 2.74. The summed E-state index contributed by atoms with van der Waals surface area (Å²) in [5.74, 6) is 0.176. The molecule has 0 bridgehead atoms. The summed E-state index contributed by atoms with van der Waals surface area (Å²) in [6, 6.07) is 3.82. The quantitative estimate of drug-likeness (QED) is 0.767. The summed E-state index contributed by atoms with van der Waals surface area (Å²) < 4.78 is 0. The molecular weight excluding hydrogens is 232 g/mol. The highest BCUT2D eigenvalue weighted by atomic mass is 32.1. The summed E-state index contributed by atoms with van der Waals surface area (Å²) >= 11 is 1.52. The lowest BCUT2D eigenvalue weighted by Crippen LogP contribution is -2.48. The zero-order valence-electron chi connectivity index (χ0n) is 10.2. The van der Waals surface area contributed by atoms with Gasteiger partial charge in [-0.05, 0) is 18.4 Å². The van der Waals surface area contributed by atoms with Crippen molar-refractivity contribution in [2.75, 3.05) is 32.7 Å². The fraction of sp³-hybridized carbons (Fsp3) is 0.462. The molecule has 4 heteroatoms. The number of nitrogens with zero attached hydrogens (tertiary/aromatic N) is 2. The van der Waals surface area contributed by atoms with E-state index in [-0.39, 0.29) is 5.91 Å². The van der Waals surface area contributed by atoms with Crippen LogP contribution in [0.2, 0.25) is 0 Å².